The highest BCUT2D eigenvalue weighted by molar-refractivity contribution is 7.18. The first kappa shape index (κ1) is 24.0. The molecule has 0 atom stereocenters. The number of esters is 2. The summed E-state index contributed by atoms with van der Waals surface area (Å²) in [7, 11) is 0. The average molecular weight is 490 g/mol. The summed E-state index contributed by atoms with van der Waals surface area (Å²) in [6.07, 6.45) is 1.66. The predicted octanol–water partition coefficient (Wildman–Crippen LogP) is 5.27. The second-order valence-corrected chi connectivity index (χ2v) is 8.46. The summed E-state index contributed by atoms with van der Waals surface area (Å²) >= 11 is 0.982. The molecule has 8 nitrogen and oxygen atoms in total. The number of aromatic nitrogens is 2. The Labute approximate surface area is 205 Å². The summed E-state index contributed by atoms with van der Waals surface area (Å²) in [5.41, 5.74) is 2.68. The summed E-state index contributed by atoms with van der Waals surface area (Å²) in [6, 6.07) is 14.4. The Balaban J connectivity index is 1.80. The monoisotopic (exact) mass is 489 g/mol. The van der Waals surface area contributed by atoms with E-state index in [2.05, 4.69) is 15.3 Å². The molecule has 0 saturated carbocycles. The lowest BCUT2D eigenvalue weighted by molar-refractivity contribution is 0.0527. The maximum absolute atomic E-state index is 13.5. The molecule has 4 aromatic rings. The van der Waals surface area contributed by atoms with Gasteiger partial charge in [-0.1, -0.05) is 24.3 Å². The molecule has 1 aromatic carbocycles. The third kappa shape index (κ3) is 4.90. The minimum atomic E-state index is -0.624. The molecule has 1 amide bonds. The van der Waals surface area contributed by atoms with E-state index in [0.717, 1.165) is 11.3 Å². The summed E-state index contributed by atoms with van der Waals surface area (Å²) < 4.78 is 10.3. The summed E-state index contributed by atoms with van der Waals surface area (Å²) in [5.74, 6) is -1.64. The molecule has 4 rings (SSSR count). The second kappa shape index (κ2) is 10.4. The lowest BCUT2D eigenvalue weighted by atomic mass is 10.1. The van der Waals surface area contributed by atoms with Crippen molar-refractivity contribution in [2.45, 2.75) is 20.8 Å². The number of carbonyl (C=O) groups excluding carboxylic acids is 3. The van der Waals surface area contributed by atoms with E-state index >= 15 is 0 Å². The highest BCUT2D eigenvalue weighted by atomic mass is 32.1. The number of amides is 1. The van der Waals surface area contributed by atoms with E-state index in [0.29, 0.717) is 33.4 Å². The lowest BCUT2D eigenvalue weighted by Crippen LogP contribution is -2.15. The van der Waals surface area contributed by atoms with Crippen LogP contribution in [0.3, 0.4) is 0 Å². The molecule has 35 heavy (non-hydrogen) atoms. The third-order valence-electron chi connectivity index (χ3n) is 5.20. The number of hydrogen-bond donors (Lipinski definition) is 1. The molecule has 9 heteroatoms. The normalized spacial score (nSPS) is 10.7. The maximum Gasteiger partial charge on any atom is 0.348 e. The van der Waals surface area contributed by atoms with Gasteiger partial charge in [0.25, 0.3) is 5.91 Å². The van der Waals surface area contributed by atoms with Crippen molar-refractivity contribution in [3.05, 3.63) is 76.3 Å². The first-order chi connectivity index (χ1) is 16.9. The van der Waals surface area contributed by atoms with Crippen LogP contribution in [-0.4, -0.2) is 41.0 Å². The number of nitrogens with one attached hydrogen (secondary N) is 1. The third-order valence-corrected chi connectivity index (χ3v) is 6.39. The number of pyridine rings is 2. The van der Waals surface area contributed by atoms with Gasteiger partial charge in [0.2, 0.25) is 0 Å². The predicted molar refractivity (Wildman–Crippen MR) is 134 cm³/mol. The van der Waals surface area contributed by atoms with Crippen LogP contribution in [0.4, 0.5) is 5.00 Å². The van der Waals surface area contributed by atoms with E-state index < -0.39 is 17.8 Å². The number of fused-ring (bicyclic) bond motifs is 1. The maximum atomic E-state index is 13.5. The number of thiophene rings is 1. The fraction of sp³-hybridized carbons (Fsp3) is 0.192. The van der Waals surface area contributed by atoms with Crippen LogP contribution in [0.1, 0.15) is 49.8 Å². The van der Waals surface area contributed by atoms with Crippen molar-refractivity contribution in [3.63, 3.8) is 0 Å². The molecule has 0 spiro atoms. The fourth-order valence-electron chi connectivity index (χ4n) is 3.62. The van der Waals surface area contributed by atoms with Crippen LogP contribution in [0.2, 0.25) is 0 Å². The van der Waals surface area contributed by atoms with Gasteiger partial charge in [0.05, 0.1) is 41.2 Å². The molecule has 1 N–H and O–H groups in total. The molecule has 0 aliphatic rings. The Hall–Kier alpha value is -4.11. The van der Waals surface area contributed by atoms with Crippen LogP contribution in [0.25, 0.3) is 22.3 Å². The minimum absolute atomic E-state index is 0.136. The van der Waals surface area contributed by atoms with Gasteiger partial charge < -0.3 is 14.8 Å². The summed E-state index contributed by atoms with van der Waals surface area (Å²) in [5, 5.41) is 3.67. The van der Waals surface area contributed by atoms with Gasteiger partial charge in [-0.05, 0) is 50.6 Å². The van der Waals surface area contributed by atoms with Crippen LogP contribution in [0, 0.1) is 6.92 Å². The molecule has 0 aliphatic heterocycles. The molecular formula is C26H23N3O5S. The van der Waals surface area contributed by atoms with Crippen LogP contribution in [0.5, 0.6) is 0 Å². The Morgan fingerprint density at radius 3 is 2.37 bits per heavy atom. The lowest BCUT2D eigenvalue weighted by Gasteiger charge is -2.11. The quantitative estimate of drug-likeness (QED) is 0.352. The van der Waals surface area contributed by atoms with Crippen LogP contribution < -0.4 is 5.32 Å². The smallest absolute Gasteiger partial charge is 0.348 e. The SMILES string of the molecule is CCOC(=O)c1sc(NC(=O)c2cc(-c3ccccn3)nc3ccccc23)c(C(=O)OCC)c1C. The van der Waals surface area contributed by atoms with Gasteiger partial charge in [-0.3, -0.25) is 9.78 Å². The zero-order valence-electron chi connectivity index (χ0n) is 19.5. The van der Waals surface area contributed by atoms with Crippen molar-refractivity contribution >= 4 is 45.1 Å². The van der Waals surface area contributed by atoms with Gasteiger partial charge in [0.1, 0.15) is 9.88 Å². The molecule has 0 fully saturated rings. The highest BCUT2D eigenvalue weighted by Crippen LogP contribution is 2.35. The largest absolute Gasteiger partial charge is 0.462 e. The van der Waals surface area contributed by atoms with Gasteiger partial charge >= 0.3 is 11.9 Å². The van der Waals surface area contributed by atoms with Crippen molar-refractivity contribution < 1.29 is 23.9 Å². The van der Waals surface area contributed by atoms with Crippen LogP contribution in [-0.2, 0) is 9.47 Å². The molecule has 3 heterocycles. The number of ether oxygens (including phenoxy) is 2. The number of para-hydroxylation sites is 1. The fourth-order valence-corrected chi connectivity index (χ4v) is 4.70. The minimum Gasteiger partial charge on any atom is -0.462 e. The molecule has 178 valence electrons. The highest BCUT2D eigenvalue weighted by Gasteiger charge is 2.28. The van der Waals surface area contributed by atoms with E-state index in [9.17, 15) is 14.4 Å². The number of anilines is 1. The Bertz CT molecular complexity index is 1420. The summed E-state index contributed by atoms with van der Waals surface area (Å²) in [4.78, 5) is 47.9. The molecular weight excluding hydrogens is 466 g/mol. The van der Waals surface area contributed by atoms with Crippen LogP contribution >= 0.6 is 11.3 Å². The number of rotatable bonds is 7. The van der Waals surface area contributed by atoms with Crippen molar-refractivity contribution in [3.8, 4) is 11.4 Å². The first-order valence-electron chi connectivity index (χ1n) is 11.0. The van der Waals surface area contributed by atoms with E-state index in [1.54, 1.807) is 45.2 Å². The van der Waals surface area contributed by atoms with Crippen LogP contribution in [0.15, 0.2) is 54.7 Å². The van der Waals surface area contributed by atoms with Gasteiger partial charge in [-0.25, -0.2) is 14.6 Å². The van der Waals surface area contributed by atoms with Gasteiger partial charge in [-0.15, -0.1) is 11.3 Å². The van der Waals surface area contributed by atoms with Gasteiger partial charge in [0.15, 0.2) is 0 Å². The van der Waals surface area contributed by atoms with E-state index in [4.69, 9.17) is 9.47 Å². The van der Waals surface area contributed by atoms with Crippen molar-refractivity contribution in [2.75, 3.05) is 18.5 Å². The van der Waals surface area contributed by atoms with Crippen molar-refractivity contribution in [2.24, 2.45) is 0 Å². The molecule has 0 aliphatic carbocycles. The number of nitrogens with zero attached hydrogens (tertiary/aromatic N) is 2. The zero-order chi connectivity index (χ0) is 24.9. The topological polar surface area (TPSA) is 107 Å². The molecule has 0 radical (unpaired) electrons. The van der Waals surface area contributed by atoms with Crippen molar-refractivity contribution in [1.29, 1.82) is 0 Å². The second-order valence-electron chi connectivity index (χ2n) is 7.44. The Kier molecular flexibility index (Phi) is 7.17. The number of hydrogen-bond acceptors (Lipinski definition) is 8. The standard InChI is InChI=1S/C26H23N3O5S/c1-4-33-25(31)21-15(3)22(26(32)34-5-2)35-24(21)29-23(30)17-14-20(19-12-8-9-13-27-19)28-18-11-7-6-10-16(17)18/h6-14H,4-5H2,1-3H3,(H,29,30). The molecule has 3 aromatic heterocycles. The van der Waals surface area contributed by atoms with E-state index in [1.807, 2.05) is 30.3 Å². The Morgan fingerprint density at radius 1 is 0.943 bits per heavy atom. The first-order valence-corrected chi connectivity index (χ1v) is 11.9. The molecule has 0 bridgehead atoms. The van der Waals surface area contributed by atoms with Gasteiger partial charge in [-0.2, -0.15) is 0 Å². The average Bonchev–Trinajstić information content (AvgIpc) is 3.19. The van der Waals surface area contributed by atoms with Gasteiger partial charge in [0, 0.05) is 11.6 Å². The van der Waals surface area contributed by atoms with E-state index in [-0.39, 0.29) is 28.7 Å². The number of benzene rings is 1. The van der Waals surface area contributed by atoms with Crippen molar-refractivity contribution in [1.82, 2.24) is 9.97 Å². The summed E-state index contributed by atoms with van der Waals surface area (Å²) in [6.45, 7) is 5.35. The molecule has 0 unspecified atom stereocenters. The molecule has 0 saturated heterocycles. The Morgan fingerprint density at radius 2 is 1.66 bits per heavy atom. The zero-order valence-corrected chi connectivity index (χ0v) is 20.3. The van der Waals surface area contributed by atoms with E-state index in [1.165, 1.54) is 0 Å². The number of carbonyl (C=O) groups is 3.